The van der Waals surface area contributed by atoms with Gasteiger partial charge in [-0.15, -0.1) is 0 Å². The summed E-state index contributed by atoms with van der Waals surface area (Å²) in [6.45, 7) is 0. The number of halogens is 1. The molecule has 0 amide bonds. The van der Waals surface area contributed by atoms with E-state index in [2.05, 4.69) is 15.3 Å². The van der Waals surface area contributed by atoms with Crippen molar-refractivity contribution in [2.24, 2.45) is 0 Å². The summed E-state index contributed by atoms with van der Waals surface area (Å²) >= 11 is 6.04. The maximum Gasteiger partial charge on any atom is 0.187 e. The molecule has 0 aliphatic heterocycles. The zero-order valence-corrected chi connectivity index (χ0v) is 11.7. The maximum absolute atomic E-state index is 6.04. The van der Waals surface area contributed by atoms with E-state index in [9.17, 15) is 0 Å². The van der Waals surface area contributed by atoms with Crippen molar-refractivity contribution in [3.05, 3.63) is 29.5 Å². The summed E-state index contributed by atoms with van der Waals surface area (Å²) in [5.41, 5.74) is 1.38. The number of rotatable bonds is 4. The van der Waals surface area contributed by atoms with E-state index in [1.165, 1.54) is 6.33 Å². The summed E-state index contributed by atoms with van der Waals surface area (Å²) in [4.78, 5) is 8.37. The number of nitrogens with zero attached hydrogens (tertiary/aromatic N) is 2. The molecule has 1 aromatic heterocycles. The molecular formula is C13H14ClN3O2. The molecular weight excluding hydrogens is 266 g/mol. The topological polar surface area (TPSA) is 56.3 Å². The van der Waals surface area contributed by atoms with Crippen molar-refractivity contribution in [2.45, 2.75) is 0 Å². The first-order valence-electron chi connectivity index (χ1n) is 5.62. The fourth-order valence-electron chi connectivity index (χ4n) is 1.80. The third kappa shape index (κ3) is 2.56. The molecule has 2 aromatic rings. The van der Waals surface area contributed by atoms with Crippen LogP contribution in [0.25, 0.3) is 11.3 Å². The quantitative estimate of drug-likeness (QED) is 0.933. The van der Waals surface area contributed by atoms with Crippen LogP contribution in [0.1, 0.15) is 0 Å². The minimum atomic E-state index is 0.547. The Morgan fingerprint density at radius 3 is 2.58 bits per heavy atom. The SMILES string of the molecule is CNc1ncnc(-c2cc(Cl)ccc2OC)c1OC. The van der Waals surface area contributed by atoms with E-state index >= 15 is 0 Å². The molecule has 0 atom stereocenters. The molecule has 0 radical (unpaired) electrons. The molecule has 0 saturated carbocycles. The van der Waals surface area contributed by atoms with Gasteiger partial charge in [0.1, 0.15) is 17.8 Å². The average Bonchev–Trinajstić information content (AvgIpc) is 2.46. The smallest absolute Gasteiger partial charge is 0.187 e. The Bertz CT molecular complexity index is 590. The molecule has 0 aliphatic rings. The van der Waals surface area contributed by atoms with Crippen molar-refractivity contribution >= 4 is 17.4 Å². The lowest BCUT2D eigenvalue weighted by Crippen LogP contribution is -2.01. The van der Waals surface area contributed by atoms with Crippen LogP contribution < -0.4 is 14.8 Å². The van der Waals surface area contributed by atoms with Gasteiger partial charge in [-0.3, -0.25) is 0 Å². The van der Waals surface area contributed by atoms with Crippen molar-refractivity contribution in [3.63, 3.8) is 0 Å². The van der Waals surface area contributed by atoms with Gasteiger partial charge in [-0.25, -0.2) is 9.97 Å². The highest BCUT2D eigenvalue weighted by Gasteiger charge is 2.17. The summed E-state index contributed by atoms with van der Waals surface area (Å²) in [6.07, 6.45) is 1.46. The van der Waals surface area contributed by atoms with Crippen LogP contribution in [0.2, 0.25) is 5.02 Å². The van der Waals surface area contributed by atoms with Crippen LogP contribution in [0.4, 0.5) is 5.82 Å². The number of methoxy groups -OCH3 is 2. The van der Waals surface area contributed by atoms with E-state index in [-0.39, 0.29) is 0 Å². The van der Waals surface area contributed by atoms with Gasteiger partial charge in [-0.2, -0.15) is 0 Å². The zero-order chi connectivity index (χ0) is 13.8. The van der Waals surface area contributed by atoms with Gasteiger partial charge < -0.3 is 14.8 Å². The Kier molecular flexibility index (Phi) is 4.06. The molecule has 0 bridgehead atoms. The van der Waals surface area contributed by atoms with Crippen LogP contribution in [-0.2, 0) is 0 Å². The summed E-state index contributed by atoms with van der Waals surface area (Å²) in [7, 11) is 4.93. The largest absolute Gasteiger partial charge is 0.496 e. The van der Waals surface area contributed by atoms with Gasteiger partial charge >= 0.3 is 0 Å². The van der Waals surface area contributed by atoms with Crippen LogP contribution in [0.3, 0.4) is 0 Å². The third-order valence-corrected chi connectivity index (χ3v) is 2.90. The first kappa shape index (κ1) is 13.4. The van der Waals surface area contributed by atoms with Gasteiger partial charge in [0, 0.05) is 17.6 Å². The van der Waals surface area contributed by atoms with Gasteiger partial charge in [0.15, 0.2) is 11.6 Å². The van der Waals surface area contributed by atoms with Crippen LogP contribution in [0.5, 0.6) is 11.5 Å². The lowest BCUT2D eigenvalue weighted by atomic mass is 10.1. The third-order valence-electron chi connectivity index (χ3n) is 2.66. The average molecular weight is 280 g/mol. The van der Waals surface area contributed by atoms with Gasteiger partial charge in [0.25, 0.3) is 0 Å². The van der Waals surface area contributed by atoms with Crippen molar-refractivity contribution in [3.8, 4) is 22.8 Å². The Labute approximate surface area is 116 Å². The van der Waals surface area contributed by atoms with E-state index in [4.69, 9.17) is 21.1 Å². The van der Waals surface area contributed by atoms with E-state index in [1.54, 1.807) is 39.5 Å². The molecule has 0 saturated heterocycles. The monoisotopic (exact) mass is 279 g/mol. The summed E-state index contributed by atoms with van der Waals surface area (Å²) in [5.74, 6) is 1.82. The standard InChI is InChI=1S/C13H14ClN3O2/c1-15-13-12(19-3)11(16-7-17-13)9-6-8(14)4-5-10(9)18-2/h4-7H,1-3H3,(H,15,16,17). The summed E-state index contributed by atoms with van der Waals surface area (Å²) < 4.78 is 10.7. The van der Waals surface area contributed by atoms with Gasteiger partial charge in [-0.05, 0) is 18.2 Å². The lowest BCUT2D eigenvalue weighted by molar-refractivity contribution is 0.409. The molecule has 6 heteroatoms. The highest BCUT2D eigenvalue weighted by molar-refractivity contribution is 6.31. The molecule has 2 rings (SSSR count). The fraction of sp³-hybridized carbons (Fsp3) is 0.231. The second kappa shape index (κ2) is 5.75. The van der Waals surface area contributed by atoms with Crippen molar-refractivity contribution in [1.82, 2.24) is 9.97 Å². The molecule has 1 heterocycles. The van der Waals surface area contributed by atoms with Crippen molar-refractivity contribution < 1.29 is 9.47 Å². The fourth-order valence-corrected chi connectivity index (χ4v) is 1.97. The molecule has 1 aromatic carbocycles. The minimum absolute atomic E-state index is 0.547. The number of hydrogen-bond acceptors (Lipinski definition) is 5. The molecule has 100 valence electrons. The van der Waals surface area contributed by atoms with E-state index in [0.717, 1.165) is 5.56 Å². The predicted octanol–water partition coefficient (Wildman–Crippen LogP) is 2.86. The van der Waals surface area contributed by atoms with E-state index < -0.39 is 0 Å². The Morgan fingerprint density at radius 1 is 1.16 bits per heavy atom. The first-order chi connectivity index (χ1) is 9.21. The molecule has 0 spiro atoms. The number of hydrogen-bond donors (Lipinski definition) is 1. The molecule has 0 unspecified atom stereocenters. The van der Waals surface area contributed by atoms with E-state index in [1.807, 2.05) is 0 Å². The number of ether oxygens (including phenoxy) is 2. The van der Waals surface area contributed by atoms with Crippen LogP contribution in [0, 0.1) is 0 Å². The molecule has 19 heavy (non-hydrogen) atoms. The molecule has 0 fully saturated rings. The molecule has 1 N–H and O–H groups in total. The van der Waals surface area contributed by atoms with Crippen LogP contribution >= 0.6 is 11.6 Å². The molecule has 0 aliphatic carbocycles. The van der Waals surface area contributed by atoms with Crippen LogP contribution in [-0.4, -0.2) is 31.2 Å². The molecule has 5 nitrogen and oxygen atoms in total. The van der Waals surface area contributed by atoms with E-state index in [0.29, 0.717) is 28.0 Å². The number of benzene rings is 1. The summed E-state index contributed by atoms with van der Waals surface area (Å²) in [5, 5.41) is 3.56. The van der Waals surface area contributed by atoms with Crippen LogP contribution in [0.15, 0.2) is 24.5 Å². The Hall–Kier alpha value is -2.01. The van der Waals surface area contributed by atoms with Crippen molar-refractivity contribution in [2.75, 3.05) is 26.6 Å². The van der Waals surface area contributed by atoms with Gasteiger partial charge in [0.2, 0.25) is 0 Å². The van der Waals surface area contributed by atoms with Crippen molar-refractivity contribution in [1.29, 1.82) is 0 Å². The highest BCUT2D eigenvalue weighted by atomic mass is 35.5. The second-order valence-corrected chi connectivity index (χ2v) is 4.14. The number of aromatic nitrogens is 2. The van der Waals surface area contributed by atoms with Gasteiger partial charge in [-0.1, -0.05) is 11.6 Å². The second-order valence-electron chi connectivity index (χ2n) is 3.70. The normalized spacial score (nSPS) is 10.1. The summed E-state index contributed by atoms with van der Waals surface area (Å²) in [6, 6.07) is 5.33. The maximum atomic E-state index is 6.04. The Morgan fingerprint density at radius 2 is 1.95 bits per heavy atom. The number of nitrogens with one attached hydrogen (secondary N) is 1. The minimum Gasteiger partial charge on any atom is -0.496 e. The predicted molar refractivity (Wildman–Crippen MR) is 75.1 cm³/mol. The van der Waals surface area contributed by atoms with Gasteiger partial charge in [0.05, 0.1) is 14.2 Å². The highest BCUT2D eigenvalue weighted by Crippen LogP contribution is 2.38. The number of anilines is 1. The zero-order valence-electron chi connectivity index (χ0n) is 10.9. The first-order valence-corrected chi connectivity index (χ1v) is 5.99. The lowest BCUT2D eigenvalue weighted by Gasteiger charge is -2.13. The Balaban J connectivity index is 2.67.